The zero-order valence-electron chi connectivity index (χ0n) is 18.9. The van der Waals surface area contributed by atoms with Crippen molar-refractivity contribution in [2.24, 2.45) is 20.8 Å². The number of amidine groups is 1. The van der Waals surface area contributed by atoms with Crippen LogP contribution in [-0.4, -0.2) is 26.1 Å². The topological polar surface area (TPSA) is 81.5 Å². The lowest BCUT2D eigenvalue weighted by molar-refractivity contribution is 0.350. The summed E-state index contributed by atoms with van der Waals surface area (Å²) in [4.78, 5) is 19.2. The molecule has 0 unspecified atom stereocenters. The maximum Gasteiger partial charge on any atom is 0.202 e. The Morgan fingerprint density at radius 2 is 1.65 bits per heavy atom. The van der Waals surface area contributed by atoms with Crippen LogP contribution in [-0.2, 0) is 6.54 Å². The van der Waals surface area contributed by atoms with Crippen molar-refractivity contribution < 1.29 is 4.39 Å². The van der Waals surface area contributed by atoms with E-state index >= 15 is 0 Å². The second-order valence-corrected chi connectivity index (χ2v) is 10.3. The molecule has 4 rings (SSSR count). The number of aromatic nitrogens is 3. The fraction of sp³-hybridized carbons (Fsp3) is 0.417. The first-order valence-corrected chi connectivity index (χ1v) is 10.5. The molecule has 0 radical (unpaired) electrons. The van der Waals surface area contributed by atoms with Gasteiger partial charge in [-0.15, -0.1) is 0 Å². The number of nitrogen functional groups attached to an aromatic ring is 1. The quantitative estimate of drug-likeness (QED) is 0.633. The highest BCUT2D eigenvalue weighted by Gasteiger charge is 2.32. The molecular weight excluding hydrogens is 391 g/mol. The van der Waals surface area contributed by atoms with E-state index in [4.69, 9.17) is 20.7 Å². The van der Waals surface area contributed by atoms with E-state index in [9.17, 15) is 4.39 Å². The van der Waals surface area contributed by atoms with Gasteiger partial charge in [0.15, 0.2) is 5.65 Å². The van der Waals surface area contributed by atoms with Gasteiger partial charge in [-0.2, -0.15) is 0 Å². The highest BCUT2D eigenvalue weighted by atomic mass is 19.1. The van der Waals surface area contributed by atoms with Gasteiger partial charge in [0.05, 0.1) is 11.4 Å². The number of hydrogen-bond acceptors (Lipinski definition) is 5. The molecule has 0 fully saturated rings. The van der Waals surface area contributed by atoms with Crippen LogP contribution in [0.1, 0.15) is 58.8 Å². The minimum Gasteiger partial charge on any atom is -0.369 e. The fourth-order valence-electron chi connectivity index (χ4n) is 3.62. The SMILES string of the molecule is CC(C)(C)Cn1c(N)nc2ccc(C3=NC(C(C)(C)C)=N[C@H]3c3ccc(F)cc3)nc21. The van der Waals surface area contributed by atoms with Gasteiger partial charge in [0.1, 0.15) is 23.2 Å². The Labute approximate surface area is 182 Å². The molecule has 1 aliphatic rings. The number of nitrogens with zero attached hydrogens (tertiary/aromatic N) is 5. The molecule has 2 N–H and O–H groups in total. The predicted molar refractivity (Wildman–Crippen MR) is 124 cm³/mol. The molecule has 2 aromatic heterocycles. The van der Waals surface area contributed by atoms with Crippen LogP contribution in [0.4, 0.5) is 10.3 Å². The molecule has 31 heavy (non-hydrogen) atoms. The summed E-state index contributed by atoms with van der Waals surface area (Å²) in [5, 5.41) is 0. The van der Waals surface area contributed by atoms with Crippen LogP contribution >= 0.6 is 0 Å². The summed E-state index contributed by atoms with van der Waals surface area (Å²) in [5.74, 6) is 0.924. The van der Waals surface area contributed by atoms with Gasteiger partial charge in [0, 0.05) is 12.0 Å². The standard InChI is InChI=1S/C24H29FN6/c1-23(2,3)13-31-20-17(28-22(31)26)12-11-16(27-20)19-18(14-7-9-15(25)10-8-14)29-21(30-19)24(4,5)6/h7-12,18H,13H2,1-6H3,(H2,26,28)/t18-/m0/s1. The van der Waals surface area contributed by atoms with E-state index in [1.165, 1.54) is 12.1 Å². The van der Waals surface area contributed by atoms with Gasteiger partial charge < -0.3 is 5.73 Å². The first kappa shape index (κ1) is 21.2. The third-order valence-corrected chi connectivity index (χ3v) is 5.11. The van der Waals surface area contributed by atoms with Crippen molar-refractivity contribution in [2.45, 2.75) is 54.1 Å². The first-order valence-electron chi connectivity index (χ1n) is 10.5. The number of anilines is 1. The molecule has 3 aromatic rings. The normalized spacial score (nSPS) is 17.2. The van der Waals surface area contributed by atoms with Crippen LogP contribution in [0, 0.1) is 16.6 Å². The number of rotatable bonds is 3. The summed E-state index contributed by atoms with van der Waals surface area (Å²) >= 11 is 0. The van der Waals surface area contributed by atoms with Crippen LogP contribution < -0.4 is 5.73 Å². The number of hydrogen-bond donors (Lipinski definition) is 1. The molecule has 0 bridgehead atoms. The van der Waals surface area contributed by atoms with Crippen LogP contribution in [0.5, 0.6) is 0 Å². The molecule has 0 aliphatic carbocycles. The fourth-order valence-corrected chi connectivity index (χ4v) is 3.62. The van der Waals surface area contributed by atoms with E-state index in [0.29, 0.717) is 12.5 Å². The Balaban J connectivity index is 1.84. The van der Waals surface area contributed by atoms with Crippen LogP contribution in [0.25, 0.3) is 11.2 Å². The van der Waals surface area contributed by atoms with Crippen molar-refractivity contribution in [3.63, 3.8) is 0 Å². The monoisotopic (exact) mass is 420 g/mol. The molecule has 0 spiro atoms. The molecule has 0 amide bonds. The Morgan fingerprint density at radius 3 is 2.26 bits per heavy atom. The van der Waals surface area contributed by atoms with Gasteiger partial charge >= 0.3 is 0 Å². The number of fused-ring (bicyclic) bond motifs is 1. The second-order valence-electron chi connectivity index (χ2n) is 10.3. The van der Waals surface area contributed by atoms with Crippen LogP contribution in [0.2, 0.25) is 0 Å². The Kier molecular flexibility index (Phi) is 4.95. The number of pyridine rings is 1. The average Bonchev–Trinajstić information content (AvgIpc) is 3.23. The maximum atomic E-state index is 13.5. The van der Waals surface area contributed by atoms with Gasteiger partial charge in [-0.05, 0) is 35.2 Å². The number of imidazole rings is 1. The van der Waals surface area contributed by atoms with Crippen molar-refractivity contribution in [1.82, 2.24) is 14.5 Å². The van der Waals surface area contributed by atoms with Crippen molar-refractivity contribution >= 4 is 28.7 Å². The smallest absolute Gasteiger partial charge is 0.202 e. The molecule has 0 saturated carbocycles. The second kappa shape index (κ2) is 7.25. The molecule has 6 nitrogen and oxygen atoms in total. The lowest BCUT2D eigenvalue weighted by Gasteiger charge is -2.20. The van der Waals surface area contributed by atoms with Gasteiger partial charge in [0.2, 0.25) is 5.95 Å². The maximum absolute atomic E-state index is 13.5. The van der Waals surface area contributed by atoms with Gasteiger partial charge in [-0.3, -0.25) is 9.56 Å². The van der Waals surface area contributed by atoms with E-state index in [1.54, 1.807) is 12.1 Å². The minimum absolute atomic E-state index is 0.0173. The molecular formula is C24H29FN6. The molecule has 3 heterocycles. The summed E-state index contributed by atoms with van der Waals surface area (Å²) in [6.45, 7) is 13.4. The molecule has 1 atom stereocenters. The van der Waals surface area contributed by atoms with Gasteiger partial charge in [-0.1, -0.05) is 53.7 Å². The molecule has 0 saturated heterocycles. The number of aliphatic imine (C=N–C) groups is 2. The Hall–Kier alpha value is -3.09. The highest BCUT2D eigenvalue weighted by Crippen LogP contribution is 2.33. The predicted octanol–water partition coefficient (Wildman–Crippen LogP) is 5.19. The third kappa shape index (κ3) is 4.22. The Bertz CT molecular complexity index is 1190. The van der Waals surface area contributed by atoms with Gasteiger partial charge in [0.25, 0.3) is 0 Å². The number of benzene rings is 1. The third-order valence-electron chi connectivity index (χ3n) is 5.11. The van der Waals surface area contributed by atoms with Crippen LogP contribution in [0.15, 0.2) is 46.4 Å². The summed E-state index contributed by atoms with van der Waals surface area (Å²) in [7, 11) is 0. The summed E-state index contributed by atoms with van der Waals surface area (Å²) in [5.41, 5.74) is 9.83. The molecule has 1 aliphatic heterocycles. The largest absolute Gasteiger partial charge is 0.369 e. The lowest BCUT2D eigenvalue weighted by Crippen LogP contribution is -2.18. The molecule has 7 heteroatoms. The van der Waals surface area contributed by atoms with E-state index in [0.717, 1.165) is 34.0 Å². The van der Waals surface area contributed by atoms with E-state index in [-0.39, 0.29) is 22.7 Å². The van der Waals surface area contributed by atoms with Crippen molar-refractivity contribution in [3.8, 4) is 0 Å². The number of nitrogens with two attached hydrogens (primary N) is 1. The zero-order valence-corrected chi connectivity index (χ0v) is 18.9. The summed E-state index contributed by atoms with van der Waals surface area (Å²) in [6.07, 6.45) is 0. The zero-order chi connectivity index (χ0) is 22.6. The van der Waals surface area contributed by atoms with Crippen molar-refractivity contribution in [1.29, 1.82) is 0 Å². The molecule has 1 aromatic carbocycles. The van der Waals surface area contributed by atoms with Crippen molar-refractivity contribution in [2.75, 3.05) is 5.73 Å². The van der Waals surface area contributed by atoms with Crippen LogP contribution in [0.3, 0.4) is 0 Å². The summed E-state index contributed by atoms with van der Waals surface area (Å²) < 4.78 is 15.5. The Morgan fingerprint density at radius 1 is 0.968 bits per heavy atom. The first-order chi connectivity index (χ1) is 14.4. The number of halogens is 1. The van der Waals surface area contributed by atoms with E-state index < -0.39 is 0 Å². The lowest BCUT2D eigenvalue weighted by atomic mass is 9.95. The average molecular weight is 421 g/mol. The molecule has 162 valence electrons. The minimum atomic E-state index is -0.337. The van der Waals surface area contributed by atoms with Gasteiger partial charge in [-0.25, -0.2) is 19.4 Å². The van der Waals surface area contributed by atoms with E-state index in [2.05, 4.69) is 46.5 Å². The highest BCUT2D eigenvalue weighted by molar-refractivity contribution is 6.15. The van der Waals surface area contributed by atoms with E-state index in [1.807, 2.05) is 16.7 Å². The van der Waals surface area contributed by atoms with Crippen molar-refractivity contribution in [3.05, 3.63) is 53.5 Å². The summed E-state index contributed by atoms with van der Waals surface area (Å²) in [6, 6.07) is 9.91.